The molecule has 0 radical (unpaired) electrons. The van der Waals surface area contributed by atoms with Gasteiger partial charge in [-0.05, 0) is 43.4 Å². The molecule has 2 aliphatic rings. The van der Waals surface area contributed by atoms with E-state index in [1.54, 1.807) is 27.7 Å². The molecule has 8 amide bonds. The van der Waals surface area contributed by atoms with Gasteiger partial charge in [0.25, 0.3) is 0 Å². The summed E-state index contributed by atoms with van der Waals surface area (Å²) in [6.45, 7) is 14.8. The Bertz CT molecular complexity index is 1110. The Hall–Kier alpha value is -2.86. The molecule has 0 bridgehead atoms. The molecule has 2 heterocycles. The van der Waals surface area contributed by atoms with Gasteiger partial charge in [0, 0.05) is 6.54 Å². The predicted molar refractivity (Wildman–Crippen MR) is 164 cm³/mol. The third-order valence-electron chi connectivity index (χ3n) is 9.72. The quantitative estimate of drug-likeness (QED) is 0.247. The average Bonchev–Trinajstić information content (AvgIpc) is 2.98. The zero-order valence-corrected chi connectivity index (χ0v) is 28.1. The van der Waals surface area contributed by atoms with Gasteiger partial charge in [0.2, 0.25) is 23.6 Å². The van der Waals surface area contributed by atoms with Crippen LogP contribution in [0.2, 0.25) is 0 Å². The Morgan fingerprint density at radius 1 is 0.614 bits per heavy atom. The number of aliphatic hydroxyl groups excluding tert-OH is 2. The van der Waals surface area contributed by atoms with E-state index in [-0.39, 0.29) is 44.7 Å². The number of β-amino-alcohol motifs (C(OH)–C–C–N with tert-alkyl or cyclic N) is 2. The van der Waals surface area contributed by atoms with E-state index in [0.29, 0.717) is 6.42 Å². The summed E-state index contributed by atoms with van der Waals surface area (Å²) in [4.78, 5) is 85.1. The number of carbonyl (C=O) groups excluding carboxylic acids is 6. The molecule has 0 aliphatic carbocycles. The number of aliphatic hydroxyl groups is 2. The summed E-state index contributed by atoms with van der Waals surface area (Å²) in [6.07, 6.45) is 0.319. The highest BCUT2D eigenvalue weighted by molar-refractivity contribution is 6.20. The minimum absolute atomic E-state index is 0.0695. The summed E-state index contributed by atoms with van der Waals surface area (Å²) in [5.74, 6) is -2.81. The normalized spacial score (nSPS) is 20.7. The Morgan fingerprint density at radius 2 is 0.955 bits per heavy atom. The first kappa shape index (κ1) is 37.3. The lowest BCUT2D eigenvalue weighted by Crippen LogP contribution is -2.68. The molecule has 2 atom stereocenters. The van der Waals surface area contributed by atoms with Crippen molar-refractivity contribution in [2.45, 2.75) is 119 Å². The van der Waals surface area contributed by atoms with Crippen molar-refractivity contribution < 1.29 is 39.0 Å². The second kappa shape index (κ2) is 14.5. The lowest BCUT2D eigenvalue weighted by molar-refractivity contribution is -0.162. The Kier molecular flexibility index (Phi) is 12.3. The second-order valence-corrected chi connectivity index (χ2v) is 13.5. The van der Waals surface area contributed by atoms with E-state index < -0.39 is 77.2 Å². The topological polar surface area (TPSA) is 156 Å². The van der Waals surface area contributed by atoms with Crippen molar-refractivity contribution >= 4 is 35.7 Å². The van der Waals surface area contributed by atoms with E-state index >= 15 is 0 Å². The van der Waals surface area contributed by atoms with Crippen LogP contribution < -0.4 is 0 Å². The van der Waals surface area contributed by atoms with E-state index in [1.807, 2.05) is 34.6 Å². The maximum atomic E-state index is 13.8. The molecule has 2 unspecified atom stereocenters. The van der Waals surface area contributed by atoms with Crippen LogP contribution in [0.15, 0.2) is 0 Å². The van der Waals surface area contributed by atoms with Gasteiger partial charge in [-0.3, -0.25) is 38.8 Å². The van der Waals surface area contributed by atoms with Crippen LogP contribution in [0.1, 0.15) is 107 Å². The van der Waals surface area contributed by atoms with Gasteiger partial charge in [0.15, 0.2) is 0 Å². The van der Waals surface area contributed by atoms with Gasteiger partial charge >= 0.3 is 12.1 Å². The molecule has 250 valence electrons. The van der Waals surface area contributed by atoms with Gasteiger partial charge in [-0.25, -0.2) is 9.59 Å². The van der Waals surface area contributed by atoms with Crippen LogP contribution >= 0.6 is 0 Å². The SMILES string of the molecule is CCCCC(C)(C)C(O)CN1C(=O)N(CC(O)CN2C(=O)N(CC(C)C)C(=O)C(CC)(CC)C2=O)C(=O)C(CC)(CC)C1=O. The Balaban J connectivity index is 2.42. The number of hydrogen-bond donors (Lipinski definition) is 2. The van der Waals surface area contributed by atoms with E-state index in [9.17, 15) is 39.0 Å². The van der Waals surface area contributed by atoms with Crippen LogP contribution in [-0.4, -0.2) is 104 Å². The molecule has 12 heteroatoms. The van der Waals surface area contributed by atoms with Gasteiger partial charge in [-0.1, -0.05) is 75.2 Å². The van der Waals surface area contributed by atoms with Crippen molar-refractivity contribution in [1.29, 1.82) is 0 Å². The Morgan fingerprint density at radius 3 is 1.27 bits per heavy atom. The maximum Gasteiger partial charge on any atom is 0.333 e. The summed E-state index contributed by atoms with van der Waals surface area (Å²) < 4.78 is 0. The van der Waals surface area contributed by atoms with Gasteiger partial charge in [-0.2, -0.15) is 0 Å². The van der Waals surface area contributed by atoms with E-state index in [2.05, 4.69) is 0 Å². The summed E-state index contributed by atoms with van der Waals surface area (Å²) in [6, 6.07) is -1.82. The molecule has 0 aromatic carbocycles. The standard InChI is InChI=1S/C32H54N4O8/c1-10-15-16-30(8,9)23(38)20-36-27(42)32(13-4,14-5)26(41)35(29(36)44)19-22(37)18-34-25(40)31(11-2,12-3)24(39)33(28(34)43)17-21(6)7/h21-23,37-38H,10-20H2,1-9H3. The number of carbonyl (C=O) groups is 6. The van der Waals surface area contributed by atoms with Crippen molar-refractivity contribution in [1.82, 2.24) is 19.6 Å². The van der Waals surface area contributed by atoms with Crippen molar-refractivity contribution in [3.8, 4) is 0 Å². The number of unbranched alkanes of at least 4 members (excludes halogenated alkanes) is 1. The third-order valence-corrected chi connectivity index (χ3v) is 9.72. The van der Waals surface area contributed by atoms with Gasteiger partial charge < -0.3 is 10.2 Å². The smallest absolute Gasteiger partial charge is 0.333 e. The average molecular weight is 623 g/mol. The second-order valence-electron chi connectivity index (χ2n) is 13.5. The molecule has 0 saturated carbocycles. The summed E-state index contributed by atoms with van der Waals surface area (Å²) in [7, 11) is 0. The zero-order chi connectivity index (χ0) is 33.8. The lowest BCUT2D eigenvalue weighted by atomic mass is 9.76. The fourth-order valence-corrected chi connectivity index (χ4v) is 6.27. The van der Waals surface area contributed by atoms with Crippen LogP contribution in [0.3, 0.4) is 0 Å². The van der Waals surface area contributed by atoms with Gasteiger partial charge in [-0.15, -0.1) is 0 Å². The molecule has 2 fully saturated rings. The predicted octanol–water partition coefficient (Wildman–Crippen LogP) is 3.78. The first-order chi connectivity index (χ1) is 20.5. The molecule has 2 aliphatic heterocycles. The highest BCUT2D eigenvalue weighted by atomic mass is 16.3. The van der Waals surface area contributed by atoms with Gasteiger partial charge in [0.1, 0.15) is 10.8 Å². The number of urea groups is 2. The highest BCUT2D eigenvalue weighted by Crippen LogP contribution is 2.39. The van der Waals surface area contributed by atoms with E-state index in [1.165, 1.54) is 0 Å². The van der Waals surface area contributed by atoms with Crippen molar-refractivity contribution in [3.63, 3.8) is 0 Å². The molecule has 2 N–H and O–H groups in total. The largest absolute Gasteiger partial charge is 0.391 e. The molecule has 2 saturated heterocycles. The van der Waals surface area contributed by atoms with Crippen molar-refractivity contribution in [3.05, 3.63) is 0 Å². The van der Waals surface area contributed by atoms with Crippen molar-refractivity contribution in [2.75, 3.05) is 26.2 Å². The fourth-order valence-electron chi connectivity index (χ4n) is 6.27. The van der Waals surface area contributed by atoms with Crippen molar-refractivity contribution in [2.24, 2.45) is 22.2 Å². The number of amides is 8. The maximum absolute atomic E-state index is 13.8. The molecule has 0 aromatic rings. The van der Waals surface area contributed by atoms with Gasteiger partial charge in [0.05, 0.1) is 31.8 Å². The van der Waals surface area contributed by atoms with Crippen LogP contribution in [0, 0.1) is 22.2 Å². The lowest BCUT2D eigenvalue weighted by Gasteiger charge is -2.46. The molecular weight excluding hydrogens is 568 g/mol. The Labute approximate surface area is 262 Å². The zero-order valence-electron chi connectivity index (χ0n) is 28.1. The van der Waals surface area contributed by atoms with E-state index in [0.717, 1.165) is 32.4 Å². The molecule has 44 heavy (non-hydrogen) atoms. The molecule has 0 spiro atoms. The molecule has 2 rings (SSSR count). The third kappa shape index (κ3) is 6.71. The molecule has 0 aromatic heterocycles. The first-order valence-corrected chi connectivity index (χ1v) is 16.2. The highest BCUT2D eigenvalue weighted by Gasteiger charge is 2.58. The van der Waals surface area contributed by atoms with Crippen LogP contribution in [0.25, 0.3) is 0 Å². The number of barbiturate groups is 2. The van der Waals surface area contributed by atoms with E-state index in [4.69, 9.17) is 0 Å². The summed E-state index contributed by atoms with van der Waals surface area (Å²) in [5, 5.41) is 22.3. The monoisotopic (exact) mass is 622 g/mol. The van der Waals surface area contributed by atoms with Crippen LogP contribution in [0.4, 0.5) is 9.59 Å². The number of hydrogen-bond acceptors (Lipinski definition) is 8. The number of imide groups is 4. The minimum Gasteiger partial charge on any atom is -0.391 e. The summed E-state index contributed by atoms with van der Waals surface area (Å²) in [5.41, 5.74) is -3.65. The molecular formula is C32H54N4O8. The first-order valence-electron chi connectivity index (χ1n) is 16.2. The number of nitrogens with zero attached hydrogens (tertiary/aromatic N) is 4. The number of rotatable bonds is 16. The van der Waals surface area contributed by atoms with Crippen LogP contribution in [0.5, 0.6) is 0 Å². The summed E-state index contributed by atoms with van der Waals surface area (Å²) >= 11 is 0. The minimum atomic E-state index is -1.57. The van der Waals surface area contributed by atoms with Crippen LogP contribution in [-0.2, 0) is 19.2 Å². The molecule has 12 nitrogen and oxygen atoms in total. The fraction of sp³-hybridized carbons (Fsp3) is 0.812.